The highest BCUT2D eigenvalue weighted by molar-refractivity contribution is 7.89. The summed E-state index contributed by atoms with van der Waals surface area (Å²) in [5.74, 6) is 0.285. The number of hydrogen-bond donors (Lipinski definition) is 4. The number of nitrogen functional groups attached to an aromatic ring is 1. The van der Waals surface area contributed by atoms with Crippen LogP contribution in [0, 0.1) is 13.8 Å². The Morgan fingerprint density at radius 2 is 2.03 bits per heavy atom. The van der Waals surface area contributed by atoms with Gasteiger partial charge < -0.3 is 11.1 Å². The summed E-state index contributed by atoms with van der Waals surface area (Å²) in [6, 6.07) is 4.90. The quantitative estimate of drug-likeness (QED) is 0.440. The fourth-order valence-electron chi connectivity index (χ4n) is 3.75. The Balaban J connectivity index is 1.69. The van der Waals surface area contributed by atoms with Crippen LogP contribution in [0.3, 0.4) is 0 Å². The number of aromatic nitrogens is 4. The molecule has 0 amide bonds. The van der Waals surface area contributed by atoms with Crippen LogP contribution < -0.4 is 15.8 Å². The first-order valence-electron chi connectivity index (χ1n) is 10.2. The molecule has 0 radical (unpaired) electrons. The van der Waals surface area contributed by atoms with E-state index in [4.69, 9.17) is 5.73 Å². The van der Waals surface area contributed by atoms with Crippen LogP contribution >= 0.6 is 0 Å². The van der Waals surface area contributed by atoms with E-state index in [1.54, 1.807) is 30.6 Å². The third-order valence-corrected chi connectivity index (χ3v) is 7.27. The summed E-state index contributed by atoms with van der Waals surface area (Å²) in [6.45, 7) is 8.60. The number of nitrogens with one attached hydrogen (secondary N) is 3. The molecule has 2 heterocycles. The molecular formula is C21H27N7O2S. The zero-order valence-electron chi connectivity index (χ0n) is 18.0. The van der Waals surface area contributed by atoms with Crippen molar-refractivity contribution >= 4 is 15.8 Å². The van der Waals surface area contributed by atoms with Gasteiger partial charge in [-0.05, 0) is 51.4 Å². The molecule has 3 aromatic rings. The summed E-state index contributed by atoms with van der Waals surface area (Å²) < 4.78 is 28.8. The van der Waals surface area contributed by atoms with Crippen molar-refractivity contribution in [2.45, 2.75) is 50.6 Å². The van der Waals surface area contributed by atoms with E-state index in [1.807, 2.05) is 27.7 Å². The maximum absolute atomic E-state index is 13.0. The van der Waals surface area contributed by atoms with Crippen LogP contribution in [-0.2, 0) is 10.0 Å². The summed E-state index contributed by atoms with van der Waals surface area (Å²) >= 11 is 0. The van der Waals surface area contributed by atoms with E-state index in [2.05, 4.69) is 30.2 Å². The monoisotopic (exact) mass is 441 g/mol. The predicted molar refractivity (Wildman–Crippen MR) is 120 cm³/mol. The van der Waals surface area contributed by atoms with Crippen molar-refractivity contribution in [3.8, 4) is 22.5 Å². The molecule has 2 atom stereocenters. The van der Waals surface area contributed by atoms with Crippen LogP contribution in [-0.4, -0.2) is 46.7 Å². The lowest BCUT2D eigenvalue weighted by molar-refractivity contribution is 0.520. The van der Waals surface area contributed by atoms with Crippen LogP contribution in [0.4, 0.5) is 5.82 Å². The molecule has 2 unspecified atom stereocenters. The summed E-state index contributed by atoms with van der Waals surface area (Å²) in [4.78, 5) is 9.15. The Bertz CT molecular complexity index is 1240. The number of rotatable bonds is 7. The molecule has 1 aliphatic carbocycles. The predicted octanol–water partition coefficient (Wildman–Crippen LogP) is 2.15. The van der Waals surface area contributed by atoms with Gasteiger partial charge in [-0.2, -0.15) is 5.10 Å². The third kappa shape index (κ3) is 4.06. The number of aryl methyl sites for hydroxylation is 2. The fraction of sp³-hybridized carbons (Fsp3) is 0.381. The van der Waals surface area contributed by atoms with Crippen LogP contribution in [0.15, 0.2) is 35.5 Å². The van der Waals surface area contributed by atoms with Crippen molar-refractivity contribution in [2.24, 2.45) is 0 Å². The Labute approximate surface area is 181 Å². The van der Waals surface area contributed by atoms with Gasteiger partial charge >= 0.3 is 0 Å². The molecular weight excluding hydrogens is 414 g/mol. The number of aromatic amines is 1. The standard InChI is InChI=1S/C21H27N7O2S/c1-5-24-21(4)9-18(21)28-31(29,30)14-7-6-12(2)15(8-14)17-11-23-20(22)19(26-17)16-10-25-27-13(16)3/h6-8,10-11,18,24,28H,5,9H2,1-4H3,(H2,22,23)(H,25,27). The number of anilines is 1. The highest BCUT2D eigenvalue weighted by Crippen LogP contribution is 2.37. The molecule has 4 rings (SSSR count). The first-order chi connectivity index (χ1) is 14.6. The van der Waals surface area contributed by atoms with E-state index in [-0.39, 0.29) is 22.3 Å². The number of nitrogens with zero attached hydrogens (tertiary/aromatic N) is 3. The molecule has 1 saturated carbocycles. The smallest absolute Gasteiger partial charge is 0.240 e. The minimum Gasteiger partial charge on any atom is -0.382 e. The maximum Gasteiger partial charge on any atom is 0.240 e. The molecule has 10 heteroatoms. The van der Waals surface area contributed by atoms with Crippen LogP contribution in [0.25, 0.3) is 22.5 Å². The van der Waals surface area contributed by atoms with Crippen molar-refractivity contribution in [1.29, 1.82) is 0 Å². The van der Waals surface area contributed by atoms with Gasteiger partial charge in [0.15, 0.2) is 0 Å². The van der Waals surface area contributed by atoms with E-state index in [0.717, 1.165) is 29.8 Å². The molecule has 31 heavy (non-hydrogen) atoms. The average Bonchev–Trinajstić information content (AvgIpc) is 3.12. The number of H-pyrrole nitrogens is 1. The maximum atomic E-state index is 13.0. The number of sulfonamides is 1. The van der Waals surface area contributed by atoms with Gasteiger partial charge in [-0.15, -0.1) is 0 Å². The minimum atomic E-state index is -3.68. The number of likely N-dealkylation sites (N-methyl/N-ethyl adjacent to an activating group) is 1. The SMILES string of the molecule is CCNC1(C)CC1NS(=O)(=O)c1ccc(C)c(-c2cnc(N)c(-c3cn[nH]c3C)n2)c1. The molecule has 0 bridgehead atoms. The zero-order chi connectivity index (χ0) is 22.4. The Morgan fingerprint density at radius 1 is 1.26 bits per heavy atom. The molecule has 1 aliphatic rings. The van der Waals surface area contributed by atoms with E-state index < -0.39 is 10.0 Å². The van der Waals surface area contributed by atoms with E-state index in [0.29, 0.717) is 17.0 Å². The highest BCUT2D eigenvalue weighted by Gasteiger charge is 2.51. The molecule has 0 aliphatic heterocycles. The average molecular weight is 442 g/mol. The van der Waals surface area contributed by atoms with Gasteiger partial charge in [0, 0.05) is 28.4 Å². The molecule has 0 saturated heterocycles. The Hall–Kier alpha value is -2.82. The molecule has 5 N–H and O–H groups in total. The second-order valence-corrected chi connectivity index (χ2v) is 9.91. The summed E-state index contributed by atoms with van der Waals surface area (Å²) in [6.07, 6.45) is 3.97. The molecule has 0 spiro atoms. The molecule has 2 aromatic heterocycles. The molecule has 1 fully saturated rings. The van der Waals surface area contributed by atoms with E-state index in [9.17, 15) is 8.42 Å². The lowest BCUT2D eigenvalue weighted by atomic mass is 10.1. The second-order valence-electron chi connectivity index (χ2n) is 8.20. The van der Waals surface area contributed by atoms with Gasteiger partial charge in [-0.1, -0.05) is 13.0 Å². The van der Waals surface area contributed by atoms with Crippen molar-refractivity contribution in [1.82, 2.24) is 30.2 Å². The van der Waals surface area contributed by atoms with Crippen molar-refractivity contribution < 1.29 is 8.42 Å². The number of benzene rings is 1. The Kier molecular flexibility index (Phi) is 5.32. The van der Waals surface area contributed by atoms with Crippen molar-refractivity contribution in [3.63, 3.8) is 0 Å². The van der Waals surface area contributed by atoms with Gasteiger partial charge in [0.25, 0.3) is 0 Å². The van der Waals surface area contributed by atoms with Gasteiger partial charge in [-0.25, -0.2) is 23.1 Å². The van der Waals surface area contributed by atoms with Crippen LogP contribution in [0.1, 0.15) is 31.5 Å². The van der Waals surface area contributed by atoms with Crippen LogP contribution in [0.2, 0.25) is 0 Å². The zero-order valence-corrected chi connectivity index (χ0v) is 18.8. The minimum absolute atomic E-state index is 0.130. The van der Waals surface area contributed by atoms with Gasteiger partial charge in [-0.3, -0.25) is 5.10 Å². The second kappa shape index (κ2) is 7.70. The fourth-order valence-corrected chi connectivity index (χ4v) is 5.13. The topological polar surface area (TPSA) is 139 Å². The first-order valence-corrected chi connectivity index (χ1v) is 11.6. The normalized spacial score (nSPS) is 20.7. The van der Waals surface area contributed by atoms with Crippen molar-refractivity contribution in [3.05, 3.63) is 41.9 Å². The summed E-state index contributed by atoms with van der Waals surface area (Å²) in [5, 5.41) is 10.2. The third-order valence-electron chi connectivity index (χ3n) is 5.80. The molecule has 164 valence electrons. The van der Waals surface area contributed by atoms with E-state index >= 15 is 0 Å². The number of hydrogen-bond acceptors (Lipinski definition) is 7. The van der Waals surface area contributed by atoms with Crippen LogP contribution in [0.5, 0.6) is 0 Å². The summed E-state index contributed by atoms with van der Waals surface area (Å²) in [7, 11) is -3.68. The summed E-state index contributed by atoms with van der Waals surface area (Å²) in [5.41, 5.74) is 10.1. The Morgan fingerprint density at radius 3 is 2.71 bits per heavy atom. The lowest BCUT2D eigenvalue weighted by Gasteiger charge is -2.14. The van der Waals surface area contributed by atoms with Gasteiger partial charge in [0.05, 0.1) is 23.0 Å². The van der Waals surface area contributed by atoms with Gasteiger partial charge in [0.1, 0.15) is 11.5 Å². The highest BCUT2D eigenvalue weighted by atomic mass is 32.2. The number of nitrogens with two attached hydrogens (primary N) is 1. The van der Waals surface area contributed by atoms with E-state index in [1.165, 1.54) is 0 Å². The lowest BCUT2D eigenvalue weighted by Crippen LogP contribution is -2.39. The van der Waals surface area contributed by atoms with Crippen molar-refractivity contribution in [2.75, 3.05) is 12.3 Å². The largest absolute Gasteiger partial charge is 0.382 e. The molecule has 1 aromatic carbocycles. The first kappa shape index (κ1) is 21.4. The molecule has 9 nitrogen and oxygen atoms in total. The van der Waals surface area contributed by atoms with Gasteiger partial charge in [0.2, 0.25) is 10.0 Å².